The summed E-state index contributed by atoms with van der Waals surface area (Å²) in [7, 11) is 0. The van der Waals surface area contributed by atoms with Crippen LogP contribution in [0.2, 0.25) is 0 Å². The maximum absolute atomic E-state index is 13.3. The minimum atomic E-state index is -4.59. The van der Waals surface area contributed by atoms with Crippen molar-refractivity contribution in [3.05, 3.63) is 64.6 Å². The van der Waals surface area contributed by atoms with E-state index in [1.165, 1.54) is 21.8 Å². The summed E-state index contributed by atoms with van der Waals surface area (Å²) in [4.78, 5) is 20.2. The standard InChI is InChI=1S/C18H12F3N3OS/c1-10-9-24-14(16(18(19,20)21)23-17(24)26-10)6-7-15(25)12-8-22-13-5-3-2-4-11(12)13/h2-9,22H,1H3/b7-6+. The Kier molecular flexibility index (Phi) is 3.73. The van der Waals surface area contributed by atoms with E-state index in [2.05, 4.69) is 9.97 Å². The second-order valence-corrected chi connectivity index (χ2v) is 7.00. The number of aromatic amines is 1. The number of halogens is 3. The van der Waals surface area contributed by atoms with Crippen LogP contribution in [0.3, 0.4) is 0 Å². The Balaban J connectivity index is 1.77. The van der Waals surface area contributed by atoms with Gasteiger partial charge in [-0.05, 0) is 25.1 Å². The molecule has 1 aromatic carbocycles. The number of hydrogen-bond acceptors (Lipinski definition) is 3. The molecule has 0 saturated carbocycles. The topological polar surface area (TPSA) is 50.2 Å². The van der Waals surface area contributed by atoms with E-state index in [-0.39, 0.29) is 16.4 Å². The summed E-state index contributed by atoms with van der Waals surface area (Å²) < 4.78 is 41.2. The fraction of sp³-hybridized carbons (Fsp3) is 0.111. The number of aryl methyl sites for hydroxylation is 1. The van der Waals surface area contributed by atoms with Crippen LogP contribution in [-0.2, 0) is 6.18 Å². The van der Waals surface area contributed by atoms with Crippen LogP contribution in [0.15, 0.2) is 42.7 Å². The molecule has 4 nitrogen and oxygen atoms in total. The predicted octanol–water partition coefficient (Wildman–Crippen LogP) is 5.10. The van der Waals surface area contributed by atoms with Crippen LogP contribution in [-0.4, -0.2) is 20.2 Å². The Morgan fingerprint density at radius 1 is 1.31 bits per heavy atom. The number of fused-ring (bicyclic) bond motifs is 2. The molecule has 26 heavy (non-hydrogen) atoms. The van der Waals surface area contributed by atoms with Gasteiger partial charge in [-0.25, -0.2) is 4.98 Å². The van der Waals surface area contributed by atoms with Crippen molar-refractivity contribution in [2.75, 3.05) is 0 Å². The lowest BCUT2D eigenvalue weighted by Crippen LogP contribution is -2.08. The minimum absolute atomic E-state index is 0.148. The number of allylic oxidation sites excluding steroid dienone is 1. The molecule has 0 bridgehead atoms. The molecule has 0 atom stereocenters. The van der Waals surface area contributed by atoms with E-state index in [9.17, 15) is 18.0 Å². The molecule has 3 heterocycles. The summed E-state index contributed by atoms with van der Waals surface area (Å²) in [5.74, 6) is -0.377. The maximum atomic E-state index is 13.3. The highest BCUT2D eigenvalue weighted by Gasteiger charge is 2.37. The monoisotopic (exact) mass is 375 g/mol. The van der Waals surface area contributed by atoms with E-state index in [4.69, 9.17) is 0 Å². The lowest BCUT2D eigenvalue weighted by Gasteiger charge is -2.04. The summed E-state index contributed by atoms with van der Waals surface area (Å²) in [6, 6.07) is 7.24. The summed E-state index contributed by atoms with van der Waals surface area (Å²) in [6.07, 6.45) is 0.879. The van der Waals surface area contributed by atoms with E-state index in [1.54, 1.807) is 31.5 Å². The molecule has 1 N–H and O–H groups in total. The van der Waals surface area contributed by atoms with Crippen LogP contribution in [0.5, 0.6) is 0 Å². The van der Waals surface area contributed by atoms with Crippen molar-refractivity contribution in [3.63, 3.8) is 0 Å². The van der Waals surface area contributed by atoms with Crippen LogP contribution >= 0.6 is 11.3 Å². The van der Waals surface area contributed by atoms with Gasteiger partial charge in [0.1, 0.15) is 0 Å². The molecule has 8 heteroatoms. The number of thiazole rings is 1. The van der Waals surface area contributed by atoms with Crippen molar-refractivity contribution < 1.29 is 18.0 Å². The molecule has 132 valence electrons. The molecule has 0 unspecified atom stereocenters. The second kappa shape index (κ2) is 5.84. The number of aromatic nitrogens is 3. The van der Waals surface area contributed by atoms with Gasteiger partial charge < -0.3 is 4.98 Å². The lowest BCUT2D eigenvalue weighted by molar-refractivity contribution is -0.140. The molecule has 0 aliphatic carbocycles. The molecule has 0 aliphatic rings. The van der Waals surface area contributed by atoms with Crippen LogP contribution < -0.4 is 0 Å². The zero-order valence-electron chi connectivity index (χ0n) is 13.5. The molecular weight excluding hydrogens is 363 g/mol. The van der Waals surface area contributed by atoms with Gasteiger partial charge in [0, 0.05) is 33.7 Å². The number of para-hydroxylation sites is 1. The summed E-state index contributed by atoms with van der Waals surface area (Å²) in [5, 5.41) is 0.725. The van der Waals surface area contributed by atoms with E-state index in [0.29, 0.717) is 5.56 Å². The maximum Gasteiger partial charge on any atom is 0.435 e. The quantitative estimate of drug-likeness (QED) is 0.400. The van der Waals surface area contributed by atoms with Crippen molar-refractivity contribution in [3.8, 4) is 0 Å². The number of carbonyl (C=O) groups is 1. The number of H-pyrrole nitrogens is 1. The molecular formula is C18H12F3N3OS. The van der Waals surface area contributed by atoms with Crippen LogP contribution in [0.1, 0.15) is 26.6 Å². The average Bonchev–Trinajstić information content (AvgIpc) is 3.24. The number of ketones is 1. The van der Waals surface area contributed by atoms with Crippen LogP contribution in [0.25, 0.3) is 21.9 Å². The van der Waals surface area contributed by atoms with Gasteiger partial charge >= 0.3 is 6.18 Å². The first-order chi connectivity index (χ1) is 12.3. The van der Waals surface area contributed by atoms with Crippen molar-refractivity contribution >= 4 is 39.1 Å². The number of hydrogen-bond donors (Lipinski definition) is 1. The number of nitrogens with zero attached hydrogens (tertiary/aromatic N) is 2. The predicted molar refractivity (Wildman–Crippen MR) is 94.5 cm³/mol. The van der Waals surface area contributed by atoms with Crippen LogP contribution in [0, 0.1) is 6.92 Å². The van der Waals surface area contributed by atoms with E-state index >= 15 is 0 Å². The zero-order valence-corrected chi connectivity index (χ0v) is 14.3. The summed E-state index contributed by atoms with van der Waals surface area (Å²) in [5.41, 5.74) is 0.0601. The molecule has 0 aliphatic heterocycles. The normalized spacial score (nSPS) is 12.6. The molecule has 0 amide bonds. The highest BCUT2D eigenvalue weighted by atomic mass is 32.1. The lowest BCUT2D eigenvalue weighted by atomic mass is 10.1. The van der Waals surface area contributed by atoms with Gasteiger partial charge in [0.25, 0.3) is 0 Å². The van der Waals surface area contributed by atoms with Gasteiger partial charge in [-0.1, -0.05) is 18.2 Å². The first-order valence-corrected chi connectivity index (χ1v) is 8.50. The molecule has 0 radical (unpaired) electrons. The number of rotatable bonds is 3. The van der Waals surface area contributed by atoms with E-state index < -0.39 is 11.9 Å². The van der Waals surface area contributed by atoms with Crippen molar-refractivity contribution in [2.45, 2.75) is 13.1 Å². The molecule has 4 aromatic rings. The highest BCUT2D eigenvalue weighted by Crippen LogP contribution is 2.34. The first kappa shape index (κ1) is 16.6. The molecule has 0 fully saturated rings. The largest absolute Gasteiger partial charge is 0.435 e. The smallest absolute Gasteiger partial charge is 0.360 e. The van der Waals surface area contributed by atoms with Crippen molar-refractivity contribution in [1.82, 2.24) is 14.4 Å². The molecule has 3 aromatic heterocycles. The number of alkyl halides is 3. The average molecular weight is 375 g/mol. The number of benzene rings is 1. The Bertz CT molecular complexity index is 1160. The fourth-order valence-electron chi connectivity index (χ4n) is 2.86. The SMILES string of the molecule is Cc1cn2c(/C=C/C(=O)c3c[nH]c4ccccc34)c(C(F)(F)F)nc2s1. The van der Waals surface area contributed by atoms with Gasteiger partial charge in [-0.3, -0.25) is 9.20 Å². The Labute approximate surface area is 149 Å². The van der Waals surface area contributed by atoms with E-state index in [1.807, 2.05) is 12.1 Å². The number of imidazole rings is 1. The second-order valence-electron chi connectivity index (χ2n) is 5.78. The Morgan fingerprint density at radius 2 is 2.08 bits per heavy atom. The van der Waals surface area contributed by atoms with Gasteiger partial charge in [0.2, 0.25) is 0 Å². The third-order valence-electron chi connectivity index (χ3n) is 3.99. The first-order valence-electron chi connectivity index (χ1n) is 7.69. The summed E-state index contributed by atoms with van der Waals surface area (Å²) in [6.45, 7) is 1.79. The molecule has 0 spiro atoms. The van der Waals surface area contributed by atoms with Gasteiger partial charge in [-0.2, -0.15) is 13.2 Å². The van der Waals surface area contributed by atoms with Gasteiger partial charge in [-0.15, -0.1) is 11.3 Å². The van der Waals surface area contributed by atoms with Crippen molar-refractivity contribution in [2.24, 2.45) is 0 Å². The molecule has 0 saturated heterocycles. The highest BCUT2D eigenvalue weighted by molar-refractivity contribution is 7.17. The number of nitrogens with one attached hydrogen (secondary N) is 1. The summed E-state index contributed by atoms with van der Waals surface area (Å²) >= 11 is 1.17. The third kappa shape index (κ3) is 2.72. The Hall–Kier alpha value is -2.87. The van der Waals surface area contributed by atoms with Gasteiger partial charge in [0.05, 0.1) is 5.69 Å². The minimum Gasteiger partial charge on any atom is -0.360 e. The zero-order chi connectivity index (χ0) is 18.5. The fourth-order valence-corrected chi connectivity index (χ4v) is 3.69. The van der Waals surface area contributed by atoms with Crippen molar-refractivity contribution in [1.29, 1.82) is 0 Å². The Morgan fingerprint density at radius 3 is 2.85 bits per heavy atom. The van der Waals surface area contributed by atoms with Gasteiger partial charge in [0.15, 0.2) is 16.4 Å². The number of carbonyl (C=O) groups excluding carboxylic acids is 1. The van der Waals surface area contributed by atoms with Crippen LogP contribution in [0.4, 0.5) is 13.2 Å². The molecule has 4 rings (SSSR count). The van der Waals surface area contributed by atoms with E-state index in [0.717, 1.165) is 21.9 Å². The third-order valence-corrected chi connectivity index (χ3v) is 4.89.